The van der Waals surface area contributed by atoms with Gasteiger partial charge in [-0.1, -0.05) is 23.2 Å². The maximum atomic E-state index is 6.05. The first-order valence-corrected chi connectivity index (χ1v) is 6.68. The third-order valence-corrected chi connectivity index (χ3v) is 3.60. The van der Waals surface area contributed by atoms with Gasteiger partial charge in [-0.3, -0.25) is 0 Å². The molecule has 0 atom stereocenters. The molecule has 1 N–H and O–H groups in total. The van der Waals surface area contributed by atoms with Gasteiger partial charge in [0.1, 0.15) is 0 Å². The molecule has 0 saturated heterocycles. The average molecular weight is 368 g/mol. The molecule has 0 aliphatic rings. The second-order valence-corrected chi connectivity index (χ2v) is 5.38. The van der Waals surface area contributed by atoms with Gasteiger partial charge in [0.15, 0.2) is 11.0 Å². The van der Waals surface area contributed by atoms with Gasteiger partial charge in [0.2, 0.25) is 5.28 Å². The van der Waals surface area contributed by atoms with Gasteiger partial charge in [-0.05, 0) is 52.2 Å². The average Bonchev–Trinajstić information content (AvgIpc) is 2.30. The summed E-state index contributed by atoms with van der Waals surface area (Å²) >= 11 is 21.0. The molecule has 0 unspecified atom stereocenters. The van der Waals surface area contributed by atoms with E-state index < -0.39 is 0 Å². The highest BCUT2D eigenvalue weighted by molar-refractivity contribution is 9.10. The predicted molar refractivity (Wildman–Crippen MR) is 77.0 cm³/mol. The van der Waals surface area contributed by atoms with Crippen LogP contribution in [0.15, 0.2) is 16.6 Å². The molecule has 4 nitrogen and oxygen atoms in total. The van der Waals surface area contributed by atoms with Gasteiger partial charge < -0.3 is 5.32 Å². The second kappa shape index (κ2) is 5.57. The van der Waals surface area contributed by atoms with Crippen molar-refractivity contribution in [3.8, 4) is 0 Å². The fourth-order valence-electron chi connectivity index (χ4n) is 1.24. The zero-order chi connectivity index (χ0) is 13.3. The Kier molecular flexibility index (Phi) is 4.27. The lowest BCUT2D eigenvalue weighted by Crippen LogP contribution is -1.99. The summed E-state index contributed by atoms with van der Waals surface area (Å²) in [5.41, 5.74) is 1.67. The number of rotatable bonds is 2. The highest BCUT2D eigenvalue weighted by atomic mass is 79.9. The summed E-state index contributed by atoms with van der Waals surface area (Å²) in [5.74, 6) is 0.317. The number of anilines is 2. The fraction of sp³-hybridized carbons (Fsp3) is 0.100. The van der Waals surface area contributed by atoms with Crippen molar-refractivity contribution in [3.05, 3.63) is 37.6 Å². The standard InChI is InChI=1S/C10H6BrCl3N4/c1-4-2-5(11)7(3-6(4)12)15-9-8(13)17-18-10(14)16-9/h2-3H,1H3,(H,15,16,18). The number of aryl methyl sites for hydroxylation is 1. The minimum atomic E-state index is 0.0104. The summed E-state index contributed by atoms with van der Waals surface area (Å²) in [5, 5.41) is 10.9. The normalized spacial score (nSPS) is 10.5. The van der Waals surface area contributed by atoms with Crippen molar-refractivity contribution in [2.75, 3.05) is 5.32 Å². The summed E-state index contributed by atoms with van der Waals surface area (Å²) in [6.45, 7) is 1.91. The number of aromatic nitrogens is 3. The number of benzene rings is 1. The van der Waals surface area contributed by atoms with E-state index in [1.165, 1.54) is 0 Å². The zero-order valence-corrected chi connectivity index (χ0v) is 12.9. The smallest absolute Gasteiger partial charge is 0.245 e. The summed E-state index contributed by atoms with van der Waals surface area (Å²) < 4.78 is 0.829. The Morgan fingerprint density at radius 1 is 1.17 bits per heavy atom. The monoisotopic (exact) mass is 366 g/mol. The molecule has 0 radical (unpaired) electrons. The highest BCUT2D eigenvalue weighted by Crippen LogP contribution is 2.32. The third-order valence-electron chi connectivity index (χ3n) is 2.12. The first-order valence-electron chi connectivity index (χ1n) is 4.76. The van der Waals surface area contributed by atoms with Crippen LogP contribution in [0, 0.1) is 6.92 Å². The van der Waals surface area contributed by atoms with Crippen molar-refractivity contribution in [2.24, 2.45) is 0 Å². The molecule has 1 aromatic heterocycles. The highest BCUT2D eigenvalue weighted by Gasteiger charge is 2.10. The first kappa shape index (κ1) is 13.8. The molecule has 0 aliphatic heterocycles. The molecular formula is C10H6BrCl3N4. The van der Waals surface area contributed by atoms with Crippen molar-refractivity contribution in [1.82, 2.24) is 15.2 Å². The molecule has 0 fully saturated rings. The number of nitrogens with one attached hydrogen (secondary N) is 1. The van der Waals surface area contributed by atoms with Crippen LogP contribution in [-0.4, -0.2) is 15.2 Å². The minimum Gasteiger partial charge on any atom is -0.337 e. The summed E-state index contributed by atoms with van der Waals surface area (Å²) in [4.78, 5) is 3.95. The molecule has 8 heteroatoms. The Bertz CT molecular complexity index is 606. The van der Waals surface area contributed by atoms with E-state index in [0.717, 1.165) is 10.0 Å². The van der Waals surface area contributed by atoms with E-state index in [-0.39, 0.29) is 10.4 Å². The van der Waals surface area contributed by atoms with Gasteiger partial charge in [-0.2, -0.15) is 4.98 Å². The molecule has 0 aliphatic carbocycles. The van der Waals surface area contributed by atoms with Crippen molar-refractivity contribution >= 4 is 62.2 Å². The van der Waals surface area contributed by atoms with E-state index in [1.54, 1.807) is 6.07 Å². The molecule has 1 aromatic carbocycles. The van der Waals surface area contributed by atoms with Crippen molar-refractivity contribution < 1.29 is 0 Å². The van der Waals surface area contributed by atoms with Crippen LogP contribution in [0.4, 0.5) is 11.5 Å². The van der Waals surface area contributed by atoms with E-state index in [2.05, 4.69) is 36.4 Å². The van der Waals surface area contributed by atoms with E-state index in [0.29, 0.717) is 16.5 Å². The van der Waals surface area contributed by atoms with Gasteiger partial charge >= 0.3 is 0 Å². The third kappa shape index (κ3) is 3.03. The quantitative estimate of drug-likeness (QED) is 0.839. The zero-order valence-electron chi connectivity index (χ0n) is 9.01. The van der Waals surface area contributed by atoms with Gasteiger partial charge in [0.05, 0.1) is 5.69 Å². The number of hydrogen-bond donors (Lipinski definition) is 1. The predicted octanol–water partition coefficient (Wildman–Crippen LogP) is 4.65. The number of hydrogen-bond acceptors (Lipinski definition) is 4. The van der Waals surface area contributed by atoms with Gasteiger partial charge in [-0.15, -0.1) is 10.2 Å². The van der Waals surface area contributed by atoms with E-state index in [9.17, 15) is 0 Å². The molecule has 0 amide bonds. The topological polar surface area (TPSA) is 50.7 Å². The number of nitrogens with zero attached hydrogens (tertiary/aromatic N) is 3. The molecule has 18 heavy (non-hydrogen) atoms. The Labute approximate surface area is 127 Å². The molecule has 2 aromatic rings. The molecule has 2 rings (SSSR count). The summed E-state index contributed by atoms with van der Waals surface area (Å²) in [6.07, 6.45) is 0. The lowest BCUT2D eigenvalue weighted by molar-refractivity contribution is 0.974. The fourth-order valence-corrected chi connectivity index (χ4v) is 2.21. The van der Waals surface area contributed by atoms with Crippen LogP contribution in [0.3, 0.4) is 0 Å². The summed E-state index contributed by atoms with van der Waals surface area (Å²) in [6, 6.07) is 3.64. The minimum absolute atomic E-state index is 0.0104. The Morgan fingerprint density at radius 3 is 2.61 bits per heavy atom. The molecule has 94 valence electrons. The molecule has 0 saturated carbocycles. The van der Waals surface area contributed by atoms with Crippen LogP contribution in [0.2, 0.25) is 15.5 Å². The molecule has 0 spiro atoms. The Morgan fingerprint density at radius 2 is 1.89 bits per heavy atom. The van der Waals surface area contributed by atoms with Crippen molar-refractivity contribution in [2.45, 2.75) is 6.92 Å². The molecular weight excluding hydrogens is 362 g/mol. The van der Waals surface area contributed by atoms with Crippen LogP contribution in [0.25, 0.3) is 0 Å². The van der Waals surface area contributed by atoms with E-state index in [4.69, 9.17) is 34.8 Å². The maximum Gasteiger partial charge on any atom is 0.245 e. The maximum absolute atomic E-state index is 6.05. The second-order valence-electron chi connectivity index (χ2n) is 3.43. The van der Waals surface area contributed by atoms with Crippen molar-refractivity contribution in [3.63, 3.8) is 0 Å². The number of halogens is 4. The lowest BCUT2D eigenvalue weighted by atomic mass is 10.2. The van der Waals surface area contributed by atoms with Gasteiger partial charge in [0.25, 0.3) is 0 Å². The lowest BCUT2D eigenvalue weighted by Gasteiger charge is -2.10. The first-order chi connectivity index (χ1) is 8.47. The SMILES string of the molecule is Cc1cc(Br)c(Nc2nc(Cl)nnc2Cl)cc1Cl. The summed E-state index contributed by atoms with van der Waals surface area (Å²) in [7, 11) is 0. The van der Waals surface area contributed by atoms with Crippen LogP contribution in [0.1, 0.15) is 5.56 Å². The Hall–Kier alpha value is -0.620. The van der Waals surface area contributed by atoms with Crippen LogP contribution < -0.4 is 5.32 Å². The molecule has 1 heterocycles. The van der Waals surface area contributed by atoms with E-state index >= 15 is 0 Å². The van der Waals surface area contributed by atoms with Crippen LogP contribution in [-0.2, 0) is 0 Å². The van der Waals surface area contributed by atoms with Crippen LogP contribution >= 0.6 is 50.7 Å². The van der Waals surface area contributed by atoms with Gasteiger partial charge in [-0.25, -0.2) is 0 Å². The molecule has 0 bridgehead atoms. The van der Waals surface area contributed by atoms with E-state index in [1.807, 2.05) is 13.0 Å². The Balaban J connectivity index is 2.40. The van der Waals surface area contributed by atoms with Gasteiger partial charge in [0, 0.05) is 9.50 Å². The van der Waals surface area contributed by atoms with Crippen LogP contribution in [0.5, 0.6) is 0 Å². The largest absolute Gasteiger partial charge is 0.337 e. The van der Waals surface area contributed by atoms with Crippen molar-refractivity contribution in [1.29, 1.82) is 0 Å².